The van der Waals surface area contributed by atoms with Crippen LogP contribution in [0, 0.1) is 0 Å². The summed E-state index contributed by atoms with van der Waals surface area (Å²) in [5.41, 5.74) is 1.06. The summed E-state index contributed by atoms with van der Waals surface area (Å²) < 4.78 is 25.2. The van der Waals surface area contributed by atoms with Gasteiger partial charge in [0.2, 0.25) is 0 Å². The summed E-state index contributed by atoms with van der Waals surface area (Å²) in [5, 5.41) is 0. The van der Waals surface area contributed by atoms with E-state index in [2.05, 4.69) is 20.8 Å². The van der Waals surface area contributed by atoms with Gasteiger partial charge in [-0.05, 0) is 0 Å². The Labute approximate surface area is 140 Å². The van der Waals surface area contributed by atoms with Crippen LogP contribution in [-0.2, 0) is 23.7 Å². The van der Waals surface area contributed by atoms with Gasteiger partial charge in [-0.1, -0.05) is 0 Å². The van der Waals surface area contributed by atoms with Crippen molar-refractivity contribution in [2.75, 3.05) is 7.11 Å². The third-order valence-corrected chi connectivity index (χ3v) is 4.46. The molecule has 0 aliphatic carbocycles. The smallest absolute Gasteiger partial charge is 0.147 e. The molecule has 20 heavy (non-hydrogen) atoms. The standard InChI is InChI=1S/C11H16O2.C3H6.2ClH.FH.Ti/c1-11(2,3)8-5-9(12)7-10(6-8)13-4;1-3-2;;;;/h5-7,12H,1-4H3;1-2H3;3*1H;/q;;;;;+2/p-2. The molecule has 1 aromatic rings. The van der Waals surface area contributed by atoms with Crippen LogP contribution in [0.15, 0.2) is 18.2 Å². The minimum absolute atomic E-state index is 0. The van der Waals surface area contributed by atoms with Crippen LogP contribution in [0.25, 0.3) is 0 Å². The SMILES string of the molecule is COc1cc([O][Ti]([F])=[C](C)C)cc(C(C)(C)C)c1.Cl.Cl. The Morgan fingerprint density at radius 1 is 1.05 bits per heavy atom. The molecular formula is C14H23Cl2FO2Ti. The fraction of sp³-hybridized carbons (Fsp3) is 0.500. The van der Waals surface area contributed by atoms with Gasteiger partial charge >= 0.3 is 116 Å². The molecule has 0 aliphatic rings. The fourth-order valence-electron chi connectivity index (χ4n) is 1.39. The Morgan fingerprint density at radius 3 is 1.95 bits per heavy atom. The van der Waals surface area contributed by atoms with Crippen LogP contribution in [0.3, 0.4) is 0 Å². The van der Waals surface area contributed by atoms with E-state index in [0.29, 0.717) is 11.5 Å². The van der Waals surface area contributed by atoms with Crippen molar-refractivity contribution >= 4 is 28.6 Å². The second-order valence-electron chi connectivity index (χ2n) is 5.52. The van der Waals surface area contributed by atoms with E-state index in [0.717, 1.165) is 9.37 Å². The predicted molar refractivity (Wildman–Crippen MR) is 84.3 cm³/mol. The molecule has 0 spiro atoms. The summed E-state index contributed by atoms with van der Waals surface area (Å²) >= 11 is -3.02. The molecule has 0 N–H and O–H groups in total. The third kappa shape index (κ3) is 6.58. The molecule has 0 saturated heterocycles. The second kappa shape index (κ2) is 9.04. The minimum Gasteiger partial charge on any atom is -0.147 e. The van der Waals surface area contributed by atoms with E-state index in [-0.39, 0.29) is 30.2 Å². The van der Waals surface area contributed by atoms with Gasteiger partial charge in [0.25, 0.3) is 0 Å². The zero-order chi connectivity index (χ0) is 13.9. The molecule has 0 amide bonds. The third-order valence-electron chi connectivity index (χ3n) is 2.58. The van der Waals surface area contributed by atoms with Crippen LogP contribution in [0.5, 0.6) is 11.5 Å². The van der Waals surface area contributed by atoms with Crippen LogP contribution in [0.1, 0.15) is 40.2 Å². The Hall–Kier alpha value is -0.0857. The minimum atomic E-state index is -3.02. The molecule has 0 unspecified atom stereocenters. The molecule has 0 aromatic heterocycles. The monoisotopic (exact) mass is 360 g/mol. The summed E-state index contributed by atoms with van der Waals surface area (Å²) in [7, 11) is 1.61. The van der Waals surface area contributed by atoms with Gasteiger partial charge in [0, 0.05) is 0 Å². The van der Waals surface area contributed by atoms with Crippen molar-refractivity contribution in [2.24, 2.45) is 0 Å². The van der Waals surface area contributed by atoms with Gasteiger partial charge in [-0.2, -0.15) is 0 Å². The van der Waals surface area contributed by atoms with Crippen LogP contribution < -0.4 is 8.06 Å². The van der Waals surface area contributed by atoms with Crippen molar-refractivity contribution < 1.29 is 29.5 Å². The van der Waals surface area contributed by atoms with Gasteiger partial charge in [-0.15, -0.1) is 24.8 Å². The molecule has 1 rings (SSSR count). The number of methoxy groups -OCH3 is 1. The molecular weight excluding hydrogens is 338 g/mol. The van der Waals surface area contributed by atoms with Gasteiger partial charge in [-0.25, -0.2) is 0 Å². The topological polar surface area (TPSA) is 18.5 Å². The van der Waals surface area contributed by atoms with Crippen molar-refractivity contribution in [1.82, 2.24) is 0 Å². The van der Waals surface area contributed by atoms with Gasteiger partial charge in [-0.3, -0.25) is 0 Å². The number of halogens is 3. The van der Waals surface area contributed by atoms with Crippen molar-refractivity contribution in [3.63, 3.8) is 0 Å². The summed E-state index contributed by atoms with van der Waals surface area (Å²) in [5.74, 6) is 1.27. The maximum atomic E-state index is 13.7. The van der Waals surface area contributed by atoms with Crippen LogP contribution >= 0.6 is 24.8 Å². The van der Waals surface area contributed by atoms with E-state index < -0.39 is 18.3 Å². The number of ether oxygens (including phenoxy) is 1. The number of benzene rings is 1. The molecule has 1 aromatic carbocycles. The first-order valence-corrected chi connectivity index (χ1v) is 7.95. The number of rotatable bonds is 3. The van der Waals surface area contributed by atoms with E-state index in [1.807, 2.05) is 12.1 Å². The first-order valence-electron chi connectivity index (χ1n) is 5.94. The maximum absolute atomic E-state index is 13.7. The Bertz CT molecular complexity index is 467. The largest absolute Gasteiger partial charge is 0.147 e. The molecule has 0 bridgehead atoms. The molecule has 0 heterocycles. The van der Waals surface area contributed by atoms with Gasteiger partial charge < -0.3 is 0 Å². The van der Waals surface area contributed by atoms with E-state index in [4.69, 9.17) is 8.06 Å². The Balaban J connectivity index is 0. The summed E-state index contributed by atoms with van der Waals surface area (Å²) in [6.07, 6.45) is 0. The number of hydrogen-bond acceptors (Lipinski definition) is 2. The molecule has 6 heteroatoms. The molecule has 0 fully saturated rings. The number of hydrogen-bond donors (Lipinski definition) is 0. The fourth-order valence-corrected chi connectivity index (χ4v) is 2.21. The zero-order valence-electron chi connectivity index (χ0n) is 12.7. The predicted octanol–water partition coefficient (Wildman–Crippen LogP) is 4.85. The molecule has 0 atom stereocenters. The van der Waals surface area contributed by atoms with Crippen molar-refractivity contribution in [2.45, 2.75) is 40.0 Å². The second-order valence-corrected chi connectivity index (χ2v) is 8.26. The molecule has 116 valence electrons. The van der Waals surface area contributed by atoms with Crippen molar-refractivity contribution in [1.29, 1.82) is 0 Å². The van der Waals surface area contributed by atoms with E-state index in [1.54, 1.807) is 27.0 Å². The molecule has 0 aliphatic heterocycles. The summed E-state index contributed by atoms with van der Waals surface area (Å²) in [6, 6.07) is 5.61. The van der Waals surface area contributed by atoms with Gasteiger partial charge in [0.1, 0.15) is 0 Å². The van der Waals surface area contributed by atoms with Crippen LogP contribution in [0.4, 0.5) is 3.09 Å². The molecule has 0 saturated carbocycles. The van der Waals surface area contributed by atoms with Gasteiger partial charge in [0.15, 0.2) is 0 Å². The van der Waals surface area contributed by atoms with E-state index >= 15 is 0 Å². The average Bonchev–Trinajstić information content (AvgIpc) is 2.27. The zero-order valence-corrected chi connectivity index (χ0v) is 15.9. The first-order chi connectivity index (χ1) is 8.24. The van der Waals surface area contributed by atoms with Gasteiger partial charge in [0.05, 0.1) is 0 Å². The normalized spacial score (nSPS) is 9.95. The average molecular weight is 361 g/mol. The van der Waals surface area contributed by atoms with Crippen LogP contribution in [0.2, 0.25) is 0 Å². The molecule has 2 nitrogen and oxygen atoms in total. The Morgan fingerprint density at radius 2 is 1.55 bits per heavy atom. The van der Waals surface area contributed by atoms with E-state index in [1.165, 1.54) is 0 Å². The molecule has 0 radical (unpaired) electrons. The maximum Gasteiger partial charge on any atom is -0.147 e. The quantitative estimate of drug-likeness (QED) is 0.717. The van der Waals surface area contributed by atoms with E-state index in [9.17, 15) is 3.09 Å². The first kappa shape index (κ1) is 22.2. The summed E-state index contributed by atoms with van der Waals surface area (Å²) in [4.78, 5) is 0. The Kier molecular flexibility index (Phi) is 10.0. The van der Waals surface area contributed by atoms with Crippen LogP contribution in [-0.4, -0.2) is 10.9 Å². The summed E-state index contributed by atoms with van der Waals surface area (Å²) in [6.45, 7) is 9.88. The van der Waals surface area contributed by atoms with Crippen molar-refractivity contribution in [3.05, 3.63) is 23.8 Å². The van der Waals surface area contributed by atoms with Crippen molar-refractivity contribution in [3.8, 4) is 11.5 Å².